The van der Waals surface area contributed by atoms with Gasteiger partial charge in [0.25, 0.3) is 0 Å². The van der Waals surface area contributed by atoms with Gasteiger partial charge in [0.1, 0.15) is 5.82 Å². The first kappa shape index (κ1) is 16.0. The van der Waals surface area contributed by atoms with Gasteiger partial charge in [-0.25, -0.2) is 4.39 Å². The van der Waals surface area contributed by atoms with Gasteiger partial charge in [0.05, 0.1) is 10.5 Å². The number of anilines is 1. The van der Waals surface area contributed by atoms with Gasteiger partial charge in [-0.2, -0.15) is 0 Å². The van der Waals surface area contributed by atoms with Crippen molar-refractivity contribution in [3.05, 3.63) is 63.4 Å². The fraction of sp³-hybridized carbons (Fsp3) is 0.294. The molecule has 0 amide bonds. The summed E-state index contributed by atoms with van der Waals surface area (Å²) in [6.07, 6.45) is 0. The Labute approximate surface area is 133 Å². The zero-order chi connectivity index (χ0) is 15.6. The van der Waals surface area contributed by atoms with E-state index in [1.165, 1.54) is 17.2 Å². The molecule has 0 bridgehead atoms. The minimum Gasteiger partial charge on any atom is -0.366 e. The van der Waals surface area contributed by atoms with E-state index in [0.29, 0.717) is 11.0 Å². The zero-order valence-corrected chi connectivity index (χ0v) is 14.1. The van der Waals surface area contributed by atoms with Crippen molar-refractivity contribution in [3.63, 3.8) is 0 Å². The van der Waals surface area contributed by atoms with Crippen LogP contribution < -0.4 is 10.6 Å². The van der Waals surface area contributed by atoms with Crippen LogP contribution in [0.5, 0.6) is 0 Å². The number of halogens is 2. The van der Waals surface area contributed by atoms with Crippen LogP contribution in [0.2, 0.25) is 0 Å². The van der Waals surface area contributed by atoms with Crippen LogP contribution in [-0.4, -0.2) is 13.6 Å². The predicted molar refractivity (Wildman–Crippen MR) is 90.2 cm³/mol. The van der Waals surface area contributed by atoms with Gasteiger partial charge in [0.2, 0.25) is 0 Å². The minimum atomic E-state index is -0.260. The Balaban J connectivity index is 2.37. The molecule has 0 spiro atoms. The van der Waals surface area contributed by atoms with Gasteiger partial charge >= 0.3 is 0 Å². The molecule has 2 aromatic rings. The lowest BCUT2D eigenvalue weighted by Gasteiger charge is -2.31. The Morgan fingerprint density at radius 2 is 1.90 bits per heavy atom. The average Bonchev–Trinajstić information content (AvgIpc) is 2.43. The Morgan fingerprint density at radius 1 is 1.19 bits per heavy atom. The van der Waals surface area contributed by atoms with Crippen molar-refractivity contribution in [1.82, 2.24) is 0 Å². The van der Waals surface area contributed by atoms with Gasteiger partial charge in [0.15, 0.2) is 0 Å². The van der Waals surface area contributed by atoms with Crippen LogP contribution in [0.4, 0.5) is 10.1 Å². The molecule has 0 saturated carbocycles. The molecular weight excluding hydrogens is 331 g/mol. The molecule has 0 aliphatic carbocycles. The fourth-order valence-electron chi connectivity index (χ4n) is 2.61. The third-order valence-electron chi connectivity index (χ3n) is 3.75. The second-order valence-electron chi connectivity index (χ2n) is 5.33. The van der Waals surface area contributed by atoms with Crippen LogP contribution in [0.25, 0.3) is 0 Å². The SMILES string of the molecule is Cc1ccc(N(C)C(CN)c2ccc(F)c(Br)c2)c(C)c1. The highest BCUT2D eigenvalue weighted by Gasteiger charge is 2.18. The maximum atomic E-state index is 13.4. The Hall–Kier alpha value is -1.39. The number of nitrogens with two attached hydrogens (primary N) is 1. The van der Waals surface area contributed by atoms with Crippen molar-refractivity contribution in [2.75, 3.05) is 18.5 Å². The molecule has 0 fully saturated rings. The first-order valence-corrected chi connectivity index (χ1v) is 7.68. The van der Waals surface area contributed by atoms with E-state index >= 15 is 0 Å². The molecular formula is C17H20BrFN2. The lowest BCUT2D eigenvalue weighted by Crippen LogP contribution is -2.31. The summed E-state index contributed by atoms with van der Waals surface area (Å²) in [4.78, 5) is 2.15. The number of hydrogen-bond acceptors (Lipinski definition) is 2. The maximum Gasteiger partial charge on any atom is 0.137 e. The van der Waals surface area contributed by atoms with Crippen molar-refractivity contribution < 1.29 is 4.39 Å². The summed E-state index contributed by atoms with van der Waals surface area (Å²) in [7, 11) is 2.02. The molecule has 4 heteroatoms. The predicted octanol–water partition coefficient (Wildman–Crippen LogP) is 4.34. The summed E-state index contributed by atoms with van der Waals surface area (Å²) < 4.78 is 13.9. The zero-order valence-electron chi connectivity index (χ0n) is 12.5. The van der Waals surface area contributed by atoms with Gasteiger partial charge in [-0.05, 0) is 59.1 Å². The van der Waals surface area contributed by atoms with Crippen LogP contribution in [0, 0.1) is 19.7 Å². The van der Waals surface area contributed by atoms with Crippen molar-refractivity contribution in [1.29, 1.82) is 0 Å². The average molecular weight is 351 g/mol. The molecule has 112 valence electrons. The summed E-state index contributed by atoms with van der Waals surface area (Å²) >= 11 is 3.24. The van der Waals surface area contributed by atoms with E-state index in [-0.39, 0.29) is 11.9 Å². The highest BCUT2D eigenvalue weighted by atomic mass is 79.9. The largest absolute Gasteiger partial charge is 0.366 e. The number of likely N-dealkylation sites (N-methyl/N-ethyl adjacent to an activating group) is 1. The number of nitrogens with zero attached hydrogens (tertiary/aromatic N) is 1. The number of benzene rings is 2. The Bertz CT molecular complexity index is 643. The van der Waals surface area contributed by atoms with E-state index in [9.17, 15) is 4.39 Å². The highest BCUT2D eigenvalue weighted by Crippen LogP contribution is 2.30. The summed E-state index contributed by atoms with van der Waals surface area (Å²) in [5, 5.41) is 0. The first-order chi connectivity index (χ1) is 9.93. The summed E-state index contributed by atoms with van der Waals surface area (Å²) in [6, 6.07) is 11.4. The molecule has 2 nitrogen and oxygen atoms in total. The molecule has 21 heavy (non-hydrogen) atoms. The molecule has 1 unspecified atom stereocenters. The molecule has 2 N–H and O–H groups in total. The van der Waals surface area contributed by atoms with E-state index < -0.39 is 0 Å². The third-order valence-corrected chi connectivity index (χ3v) is 4.36. The van der Waals surface area contributed by atoms with Crippen molar-refractivity contribution in [2.45, 2.75) is 19.9 Å². The van der Waals surface area contributed by atoms with E-state index in [1.54, 1.807) is 12.1 Å². The molecule has 1 atom stereocenters. The lowest BCUT2D eigenvalue weighted by atomic mass is 10.0. The third kappa shape index (κ3) is 3.44. The van der Waals surface area contributed by atoms with Gasteiger partial charge in [-0.1, -0.05) is 23.8 Å². The van der Waals surface area contributed by atoms with E-state index in [0.717, 1.165) is 11.3 Å². The molecule has 0 saturated heterocycles. The molecule has 0 heterocycles. The smallest absolute Gasteiger partial charge is 0.137 e. The van der Waals surface area contributed by atoms with Crippen LogP contribution in [0.15, 0.2) is 40.9 Å². The van der Waals surface area contributed by atoms with Gasteiger partial charge in [-0.15, -0.1) is 0 Å². The first-order valence-electron chi connectivity index (χ1n) is 6.89. The van der Waals surface area contributed by atoms with Crippen LogP contribution in [-0.2, 0) is 0 Å². The summed E-state index contributed by atoms with van der Waals surface area (Å²) in [5.41, 5.74) is 10.5. The molecule has 0 aliphatic rings. The number of hydrogen-bond donors (Lipinski definition) is 1. The Kier molecular flexibility index (Phi) is 5.01. The van der Waals surface area contributed by atoms with Gasteiger partial charge in [0, 0.05) is 19.3 Å². The van der Waals surface area contributed by atoms with Gasteiger partial charge < -0.3 is 10.6 Å². The fourth-order valence-corrected chi connectivity index (χ4v) is 3.00. The lowest BCUT2D eigenvalue weighted by molar-refractivity contribution is 0.615. The standard InChI is InChI=1S/C17H20BrFN2/c1-11-4-7-16(12(2)8-11)21(3)17(10-20)13-5-6-15(19)14(18)9-13/h4-9,17H,10,20H2,1-3H3. The minimum absolute atomic E-state index is 0.00306. The topological polar surface area (TPSA) is 29.3 Å². The summed E-state index contributed by atoms with van der Waals surface area (Å²) in [5.74, 6) is -0.260. The Morgan fingerprint density at radius 3 is 2.48 bits per heavy atom. The molecule has 2 rings (SSSR count). The van der Waals surface area contributed by atoms with E-state index in [4.69, 9.17) is 5.73 Å². The summed E-state index contributed by atoms with van der Waals surface area (Å²) in [6.45, 7) is 4.63. The normalized spacial score (nSPS) is 12.3. The maximum absolute atomic E-state index is 13.4. The second kappa shape index (κ2) is 6.58. The molecule has 0 radical (unpaired) electrons. The van der Waals surface area contributed by atoms with Crippen molar-refractivity contribution in [3.8, 4) is 0 Å². The number of aryl methyl sites for hydroxylation is 2. The second-order valence-corrected chi connectivity index (χ2v) is 6.18. The van der Waals surface area contributed by atoms with Crippen LogP contribution in [0.3, 0.4) is 0 Å². The van der Waals surface area contributed by atoms with E-state index in [2.05, 4.69) is 52.9 Å². The molecule has 2 aromatic carbocycles. The van der Waals surface area contributed by atoms with Crippen molar-refractivity contribution in [2.24, 2.45) is 5.73 Å². The highest BCUT2D eigenvalue weighted by molar-refractivity contribution is 9.10. The van der Waals surface area contributed by atoms with Crippen molar-refractivity contribution >= 4 is 21.6 Å². The quantitative estimate of drug-likeness (QED) is 0.888. The van der Waals surface area contributed by atoms with Crippen LogP contribution in [0.1, 0.15) is 22.7 Å². The monoisotopic (exact) mass is 350 g/mol. The number of rotatable bonds is 4. The molecule has 0 aliphatic heterocycles. The van der Waals surface area contributed by atoms with E-state index in [1.807, 2.05) is 7.05 Å². The molecule has 0 aromatic heterocycles. The van der Waals surface area contributed by atoms with Crippen LogP contribution >= 0.6 is 15.9 Å². The van der Waals surface area contributed by atoms with Gasteiger partial charge in [-0.3, -0.25) is 0 Å².